The number of anilines is 1. The van der Waals surface area contributed by atoms with E-state index in [4.69, 9.17) is 0 Å². The van der Waals surface area contributed by atoms with Crippen molar-refractivity contribution in [2.24, 2.45) is 0 Å². The summed E-state index contributed by atoms with van der Waals surface area (Å²) >= 11 is 0. The van der Waals surface area contributed by atoms with Crippen molar-refractivity contribution in [1.82, 2.24) is 15.3 Å². The molecule has 2 heterocycles. The summed E-state index contributed by atoms with van der Waals surface area (Å²) in [5.41, 5.74) is 1.17. The standard InChI is InChI=1S/C13H22N4/c1-3-4-5-11-8-13(16-10-15-11)17-7-6-12(9-17)14-2/h8,10,12,14H,3-7,9H2,1-2H3/t12-/m1/s1. The monoisotopic (exact) mass is 234 g/mol. The summed E-state index contributed by atoms with van der Waals surface area (Å²) in [4.78, 5) is 11.1. The van der Waals surface area contributed by atoms with E-state index in [-0.39, 0.29) is 0 Å². The molecule has 0 bridgehead atoms. The van der Waals surface area contributed by atoms with Gasteiger partial charge in [0.15, 0.2) is 0 Å². The van der Waals surface area contributed by atoms with E-state index < -0.39 is 0 Å². The second-order valence-electron chi connectivity index (χ2n) is 4.69. The topological polar surface area (TPSA) is 41.0 Å². The van der Waals surface area contributed by atoms with Gasteiger partial charge in [0.25, 0.3) is 0 Å². The Hall–Kier alpha value is -1.16. The van der Waals surface area contributed by atoms with Crippen molar-refractivity contribution in [3.8, 4) is 0 Å². The van der Waals surface area contributed by atoms with Crippen LogP contribution in [-0.2, 0) is 6.42 Å². The van der Waals surface area contributed by atoms with Gasteiger partial charge in [0, 0.05) is 30.9 Å². The van der Waals surface area contributed by atoms with E-state index in [0.29, 0.717) is 6.04 Å². The molecule has 1 aromatic rings. The highest BCUT2D eigenvalue weighted by atomic mass is 15.2. The lowest BCUT2D eigenvalue weighted by atomic mass is 10.2. The Balaban J connectivity index is 2.01. The van der Waals surface area contributed by atoms with Crippen molar-refractivity contribution in [1.29, 1.82) is 0 Å². The zero-order valence-corrected chi connectivity index (χ0v) is 10.8. The molecule has 4 nitrogen and oxygen atoms in total. The summed E-state index contributed by atoms with van der Waals surface area (Å²) < 4.78 is 0. The Morgan fingerprint density at radius 2 is 2.35 bits per heavy atom. The van der Waals surface area contributed by atoms with Crippen LogP contribution in [0.3, 0.4) is 0 Å². The molecule has 1 aliphatic rings. The number of nitrogens with zero attached hydrogens (tertiary/aromatic N) is 3. The maximum Gasteiger partial charge on any atom is 0.132 e. The number of rotatable bonds is 5. The van der Waals surface area contributed by atoms with Gasteiger partial charge in [-0.2, -0.15) is 0 Å². The van der Waals surface area contributed by atoms with E-state index in [0.717, 1.165) is 25.3 Å². The molecule has 0 radical (unpaired) electrons. The molecule has 0 amide bonds. The predicted molar refractivity (Wildman–Crippen MR) is 70.3 cm³/mol. The van der Waals surface area contributed by atoms with E-state index in [2.05, 4.69) is 33.2 Å². The second kappa shape index (κ2) is 5.96. The van der Waals surface area contributed by atoms with E-state index >= 15 is 0 Å². The molecule has 1 aliphatic heterocycles. The highest BCUT2D eigenvalue weighted by molar-refractivity contribution is 5.40. The zero-order chi connectivity index (χ0) is 12.1. The number of aromatic nitrogens is 2. The van der Waals surface area contributed by atoms with E-state index in [9.17, 15) is 0 Å². The smallest absolute Gasteiger partial charge is 0.132 e. The number of likely N-dealkylation sites (N-methyl/N-ethyl adjacent to an activating group) is 1. The fraction of sp³-hybridized carbons (Fsp3) is 0.692. The van der Waals surface area contributed by atoms with Crippen molar-refractivity contribution in [3.63, 3.8) is 0 Å². The first-order chi connectivity index (χ1) is 8.33. The molecule has 1 fully saturated rings. The van der Waals surface area contributed by atoms with Crippen molar-refractivity contribution in [2.45, 2.75) is 38.6 Å². The molecule has 1 aromatic heterocycles. The normalized spacial score (nSPS) is 19.9. The Labute approximate surface area is 103 Å². The van der Waals surface area contributed by atoms with Crippen LogP contribution in [0, 0.1) is 0 Å². The van der Waals surface area contributed by atoms with Crippen LogP contribution in [0.5, 0.6) is 0 Å². The van der Waals surface area contributed by atoms with Crippen LogP contribution in [0.25, 0.3) is 0 Å². The summed E-state index contributed by atoms with van der Waals surface area (Å²) in [6.45, 7) is 4.36. The summed E-state index contributed by atoms with van der Waals surface area (Å²) in [6.07, 6.45) is 6.38. The van der Waals surface area contributed by atoms with Gasteiger partial charge in [-0.15, -0.1) is 0 Å². The molecule has 0 saturated carbocycles. The molecule has 0 spiro atoms. The van der Waals surface area contributed by atoms with Gasteiger partial charge in [-0.3, -0.25) is 0 Å². The molecule has 2 rings (SSSR count). The summed E-state index contributed by atoms with van der Waals surface area (Å²) in [6, 6.07) is 2.75. The Kier molecular flexibility index (Phi) is 4.31. The van der Waals surface area contributed by atoms with E-state index in [1.807, 2.05) is 7.05 Å². The molecule has 1 saturated heterocycles. The number of aryl methyl sites for hydroxylation is 1. The molecule has 4 heteroatoms. The molecule has 1 N–H and O–H groups in total. The third-order valence-corrected chi connectivity index (χ3v) is 3.42. The van der Waals surface area contributed by atoms with Crippen LogP contribution in [0.15, 0.2) is 12.4 Å². The zero-order valence-electron chi connectivity index (χ0n) is 10.8. The lowest BCUT2D eigenvalue weighted by Gasteiger charge is -2.17. The molecule has 0 aliphatic carbocycles. The van der Waals surface area contributed by atoms with Gasteiger partial charge in [-0.05, 0) is 26.3 Å². The van der Waals surface area contributed by atoms with Crippen LogP contribution >= 0.6 is 0 Å². The lowest BCUT2D eigenvalue weighted by molar-refractivity contribution is 0.616. The Morgan fingerprint density at radius 1 is 1.47 bits per heavy atom. The molecular formula is C13H22N4. The first kappa shape index (κ1) is 12.3. The van der Waals surface area contributed by atoms with E-state index in [1.54, 1.807) is 6.33 Å². The van der Waals surface area contributed by atoms with Crippen LogP contribution < -0.4 is 10.2 Å². The summed E-state index contributed by atoms with van der Waals surface area (Å²) in [7, 11) is 2.03. The number of nitrogens with one attached hydrogen (secondary N) is 1. The van der Waals surface area contributed by atoms with Gasteiger partial charge in [0.05, 0.1) is 0 Å². The van der Waals surface area contributed by atoms with E-state index in [1.165, 1.54) is 25.0 Å². The quantitative estimate of drug-likeness (QED) is 0.840. The first-order valence-corrected chi connectivity index (χ1v) is 6.56. The van der Waals surface area contributed by atoms with Gasteiger partial charge in [0.1, 0.15) is 12.1 Å². The Bertz CT molecular complexity index is 353. The van der Waals surface area contributed by atoms with Gasteiger partial charge in [-0.25, -0.2) is 9.97 Å². The molecule has 17 heavy (non-hydrogen) atoms. The third-order valence-electron chi connectivity index (χ3n) is 3.42. The highest BCUT2D eigenvalue weighted by Crippen LogP contribution is 2.18. The lowest BCUT2D eigenvalue weighted by Crippen LogP contribution is -2.29. The maximum atomic E-state index is 4.39. The minimum Gasteiger partial charge on any atom is -0.355 e. The van der Waals surface area contributed by atoms with Crippen molar-refractivity contribution < 1.29 is 0 Å². The molecule has 94 valence electrons. The summed E-state index contributed by atoms with van der Waals surface area (Å²) in [5.74, 6) is 1.09. The minimum atomic E-state index is 0.601. The maximum absolute atomic E-state index is 4.39. The highest BCUT2D eigenvalue weighted by Gasteiger charge is 2.22. The first-order valence-electron chi connectivity index (χ1n) is 6.56. The largest absolute Gasteiger partial charge is 0.355 e. The molecular weight excluding hydrogens is 212 g/mol. The molecule has 0 aromatic carbocycles. The summed E-state index contributed by atoms with van der Waals surface area (Å²) in [5, 5.41) is 3.33. The van der Waals surface area contributed by atoms with Gasteiger partial charge >= 0.3 is 0 Å². The van der Waals surface area contributed by atoms with Gasteiger partial charge < -0.3 is 10.2 Å². The fourth-order valence-corrected chi connectivity index (χ4v) is 2.26. The SMILES string of the molecule is CCCCc1cc(N2CC[C@@H](NC)C2)ncn1. The van der Waals surface area contributed by atoms with Crippen LogP contribution in [0.2, 0.25) is 0 Å². The van der Waals surface area contributed by atoms with Crippen molar-refractivity contribution in [3.05, 3.63) is 18.1 Å². The van der Waals surface area contributed by atoms with Crippen molar-refractivity contribution in [2.75, 3.05) is 25.0 Å². The average Bonchev–Trinajstić information content (AvgIpc) is 2.85. The molecule has 1 atom stereocenters. The van der Waals surface area contributed by atoms with Crippen LogP contribution in [-0.4, -0.2) is 36.1 Å². The number of hydrogen-bond donors (Lipinski definition) is 1. The average molecular weight is 234 g/mol. The third kappa shape index (κ3) is 3.16. The van der Waals surface area contributed by atoms with Crippen molar-refractivity contribution >= 4 is 5.82 Å². The molecule has 0 unspecified atom stereocenters. The van der Waals surface area contributed by atoms with Crippen LogP contribution in [0.4, 0.5) is 5.82 Å². The second-order valence-corrected chi connectivity index (χ2v) is 4.69. The van der Waals surface area contributed by atoms with Gasteiger partial charge in [0.2, 0.25) is 0 Å². The predicted octanol–water partition coefficient (Wildman–Crippen LogP) is 1.62. The van der Waals surface area contributed by atoms with Gasteiger partial charge in [-0.1, -0.05) is 13.3 Å². The number of hydrogen-bond acceptors (Lipinski definition) is 4. The number of unbranched alkanes of at least 4 members (excludes halogenated alkanes) is 1. The van der Waals surface area contributed by atoms with Crippen LogP contribution in [0.1, 0.15) is 31.9 Å². The Morgan fingerprint density at radius 3 is 3.06 bits per heavy atom. The fourth-order valence-electron chi connectivity index (χ4n) is 2.26. The minimum absolute atomic E-state index is 0.601.